The minimum Gasteiger partial charge on any atom is -0.376 e. The summed E-state index contributed by atoms with van der Waals surface area (Å²) in [5.74, 6) is 0.505. The van der Waals surface area contributed by atoms with Gasteiger partial charge in [-0.1, -0.05) is 19.4 Å². The van der Waals surface area contributed by atoms with E-state index in [2.05, 4.69) is 24.2 Å². The summed E-state index contributed by atoms with van der Waals surface area (Å²) in [5.41, 5.74) is 3.30. The van der Waals surface area contributed by atoms with Crippen LogP contribution in [0.4, 0.5) is 0 Å². The number of aliphatic imine (C=N–C) groups is 1. The molecular weight excluding hydrogens is 236 g/mol. The van der Waals surface area contributed by atoms with Gasteiger partial charge in [-0.2, -0.15) is 4.99 Å². The molecule has 1 aromatic carbocycles. The normalized spacial score (nSPS) is 14.8. The number of nitrogens with one attached hydrogen (secondary N) is 1. The lowest BCUT2D eigenvalue weighted by atomic mass is 10.0. The van der Waals surface area contributed by atoms with Gasteiger partial charge < -0.3 is 5.32 Å². The van der Waals surface area contributed by atoms with Crippen molar-refractivity contribution in [2.45, 2.75) is 45.4 Å². The Morgan fingerprint density at radius 1 is 1.47 bits per heavy atom. The van der Waals surface area contributed by atoms with Crippen molar-refractivity contribution in [1.29, 1.82) is 0 Å². The highest BCUT2D eigenvalue weighted by molar-refractivity contribution is 5.98. The van der Waals surface area contributed by atoms with Crippen LogP contribution in [0.2, 0.25) is 0 Å². The molecule has 102 valence electrons. The fraction of sp³-hybridized carbons (Fsp3) is 0.500. The Bertz CT molecular complexity index is 476. The molecule has 0 radical (unpaired) electrons. The number of carbonyl (C=O) groups is 1. The van der Waals surface area contributed by atoms with Crippen LogP contribution in [0.15, 0.2) is 23.2 Å². The van der Waals surface area contributed by atoms with Gasteiger partial charge in [0, 0.05) is 12.1 Å². The first-order valence-corrected chi connectivity index (χ1v) is 7.13. The Morgan fingerprint density at radius 2 is 2.26 bits per heavy atom. The van der Waals surface area contributed by atoms with Gasteiger partial charge in [-0.15, -0.1) is 0 Å². The lowest BCUT2D eigenvalue weighted by Gasteiger charge is -2.05. The highest BCUT2D eigenvalue weighted by atomic mass is 16.1. The number of unbranched alkanes of at least 4 members (excludes halogenated alkanes) is 1. The molecule has 0 aromatic heterocycles. The zero-order valence-corrected chi connectivity index (χ0v) is 11.8. The average molecular weight is 258 g/mol. The summed E-state index contributed by atoms with van der Waals surface area (Å²) in [6.07, 6.45) is 6.25. The van der Waals surface area contributed by atoms with Gasteiger partial charge in [0.25, 0.3) is 5.91 Å². The van der Waals surface area contributed by atoms with Crippen LogP contribution in [0, 0.1) is 6.92 Å². The predicted octanol–water partition coefficient (Wildman–Crippen LogP) is 3.43. The number of carbonyl (C=O) groups excluding carboxylic acids is 1. The van der Waals surface area contributed by atoms with Crippen LogP contribution in [-0.4, -0.2) is 18.8 Å². The second-order valence-corrected chi connectivity index (χ2v) is 5.22. The highest BCUT2D eigenvalue weighted by Gasteiger charge is 2.25. The average Bonchev–Trinajstić information content (AvgIpc) is 3.23. The Labute approximate surface area is 115 Å². The number of rotatable bonds is 6. The largest absolute Gasteiger partial charge is 0.376 e. The zero-order chi connectivity index (χ0) is 13.7. The van der Waals surface area contributed by atoms with Crippen molar-refractivity contribution in [2.24, 2.45) is 4.99 Å². The molecule has 1 aromatic rings. The Balaban J connectivity index is 1.97. The Morgan fingerprint density at radius 3 is 2.95 bits per heavy atom. The molecule has 1 N–H and O–H groups in total. The molecule has 0 saturated heterocycles. The van der Waals surface area contributed by atoms with Crippen molar-refractivity contribution in [2.75, 3.05) is 6.54 Å². The molecule has 1 fully saturated rings. The quantitative estimate of drug-likeness (QED) is 0.482. The molecular formula is C16H22N2O. The summed E-state index contributed by atoms with van der Waals surface area (Å²) in [4.78, 5) is 15.9. The molecule has 1 aliphatic rings. The predicted molar refractivity (Wildman–Crippen MR) is 78.9 cm³/mol. The van der Waals surface area contributed by atoms with Crippen molar-refractivity contribution >= 4 is 12.2 Å². The number of hydrogen-bond donors (Lipinski definition) is 1. The van der Waals surface area contributed by atoms with Crippen LogP contribution in [0.3, 0.4) is 0 Å². The zero-order valence-electron chi connectivity index (χ0n) is 11.8. The highest BCUT2D eigenvalue weighted by Crippen LogP contribution is 2.41. The molecule has 0 bridgehead atoms. The summed E-state index contributed by atoms with van der Waals surface area (Å²) < 4.78 is 0. The minimum atomic E-state index is -0.161. The first-order valence-electron chi connectivity index (χ1n) is 7.13. The van der Waals surface area contributed by atoms with Crippen molar-refractivity contribution in [3.8, 4) is 0 Å². The van der Waals surface area contributed by atoms with E-state index in [0.717, 1.165) is 19.4 Å². The number of benzene rings is 1. The van der Waals surface area contributed by atoms with E-state index in [1.807, 2.05) is 18.2 Å². The van der Waals surface area contributed by atoms with E-state index in [4.69, 9.17) is 0 Å². The van der Waals surface area contributed by atoms with Crippen LogP contribution < -0.4 is 5.32 Å². The number of amides is 1. The van der Waals surface area contributed by atoms with Gasteiger partial charge in [0.05, 0.1) is 6.34 Å². The molecule has 0 unspecified atom stereocenters. The van der Waals surface area contributed by atoms with E-state index in [0.29, 0.717) is 11.5 Å². The van der Waals surface area contributed by atoms with Crippen LogP contribution in [-0.2, 0) is 0 Å². The van der Waals surface area contributed by atoms with Crippen molar-refractivity contribution < 1.29 is 4.79 Å². The molecule has 3 nitrogen and oxygen atoms in total. The lowest BCUT2D eigenvalue weighted by molar-refractivity contribution is 0.100. The van der Waals surface area contributed by atoms with Gasteiger partial charge in [0.15, 0.2) is 0 Å². The second-order valence-electron chi connectivity index (χ2n) is 5.22. The number of hydrogen-bond acceptors (Lipinski definition) is 1. The van der Waals surface area contributed by atoms with Crippen LogP contribution in [0.1, 0.15) is 60.0 Å². The van der Waals surface area contributed by atoms with Crippen LogP contribution >= 0.6 is 0 Å². The third kappa shape index (κ3) is 3.91. The molecule has 0 atom stereocenters. The monoisotopic (exact) mass is 258 g/mol. The smallest absolute Gasteiger partial charge is 0.278 e. The molecule has 0 aliphatic heterocycles. The van der Waals surface area contributed by atoms with E-state index >= 15 is 0 Å². The molecule has 0 heterocycles. The topological polar surface area (TPSA) is 41.5 Å². The second kappa shape index (κ2) is 6.50. The van der Waals surface area contributed by atoms with Crippen molar-refractivity contribution in [1.82, 2.24) is 5.32 Å². The van der Waals surface area contributed by atoms with Gasteiger partial charge >= 0.3 is 0 Å². The van der Waals surface area contributed by atoms with Crippen LogP contribution in [0.5, 0.6) is 0 Å². The van der Waals surface area contributed by atoms with E-state index in [1.165, 1.54) is 30.3 Å². The first kappa shape index (κ1) is 13.8. The fourth-order valence-corrected chi connectivity index (χ4v) is 2.13. The van der Waals surface area contributed by atoms with Gasteiger partial charge in [0.2, 0.25) is 0 Å². The van der Waals surface area contributed by atoms with Gasteiger partial charge in [-0.05, 0) is 55.4 Å². The SMILES string of the molecule is CCCCN/C=N\C(=O)c1ccc(C)c(C2CC2)c1. The maximum atomic E-state index is 11.9. The number of aryl methyl sites for hydroxylation is 1. The van der Waals surface area contributed by atoms with E-state index in [-0.39, 0.29) is 5.91 Å². The molecule has 1 amide bonds. The fourth-order valence-electron chi connectivity index (χ4n) is 2.13. The third-order valence-corrected chi connectivity index (χ3v) is 3.49. The summed E-state index contributed by atoms with van der Waals surface area (Å²) in [7, 11) is 0. The summed E-state index contributed by atoms with van der Waals surface area (Å²) in [5, 5.41) is 3.04. The number of nitrogens with zero attached hydrogens (tertiary/aromatic N) is 1. The molecule has 1 saturated carbocycles. The standard InChI is InChI=1S/C16H22N2O/c1-3-4-9-17-11-18-16(19)14-6-5-12(2)15(10-14)13-7-8-13/h5-6,10-11,13H,3-4,7-9H2,1-2H3,(H,17,18,19). The van der Waals surface area contributed by atoms with E-state index in [9.17, 15) is 4.79 Å². The minimum absolute atomic E-state index is 0.161. The van der Waals surface area contributed by atoms with Crippen LogP contribution in [0.25, 0.3) is 0 Å². The molecule has 2 rings (SSSR count). The molecule has 0 spiro atoms. The first-order chi connectivity index (χ1) is 9.22. The molecule has 19 heavy (non-hydrogen) atoms. The summed E-state index contributed by atoms with van der Waals surface area (Å²) >= 11 is 0. The molecule has 1 aliphatic carbocycles. The van der Waals surface area contributed by atoms with E-state index in [1.54, 1.807) is 0 Å². The van der Waals surface area contributed by atoms with E-state index < -0.39 is 0 Å². The maximum Gasteiger partial charge on any atom is 0.278 e. The lowest BCUT2D eigenvalue weighted by Crippen LogP contribution is -2.13. The van der Waals surface area contributed by atoms with Crippen molar-refractivity contribution in [3.05, 3.63) is 34.9 Å². The Hall–Kier alpha value is -1.64. The Kier molecular flexibility index (Phi) is 4.72. The summed E-state index contributed by atoms with van der Waals surface area (Å²) in [6.45, 7) is 5.11. The summed E-state index contributed by atoms with van der Waals surface area (Å²) in [6, 6.07) is 5.91. The maximum absolute atomic E-state index is 11.9. The van der Waals surface area contributed by atoms with Gasteiger partial charge in [-0.3, -0.25) is 4.79 Å². The van der Waals surface area contributed by atoms with Gasteiger partial charge in [0.1, 0.15) is 0 Å². The van der Waals surface area contributed by atoms with Gasteiger partial charge in [-0.25, -0.2) is 0 Å². The third-order valence-electron chi connectivity index (χ3n) is 3.49. The molecule has 3 heteroatoms. The van der Waals surface area contributed by atoms with Crippen molar-refractivity contribution in [3.63, 3.8) is 0 Å².